The molecule has 0 aliphatic carbocycles. The molecule has 0 saturated carbocycles. The van der Waals surface area contributed by atoms with Crippen LogP contribution in [0, 0.1) is 0 Å². The average Bonchev–Trinajstić information content (AvgIpc) is 3.10. The monoisotopic (exact) mass is 588 g/mol. The van der Waals surface area contributed by atoms with Crippen molar-refractivity contribution in [2.75, 3.05) is 50.7 Å². The maximum absolute atomic E-state index is 3.50. The van der Waals surface area contributed by atoms with E-state index in [1.165, 1.54) is 17.1 Å². The van der Waals surface area contributed by atoms with Crippen LogP contribution in [0.3, 0.4) is 0 Å². The molecule has 1 aliphatic heterocycles. The lowest BCUT2D eigenvalue weighted by molar-refractivity contribution is 0.611. The van der Waals surface area contributed by atoms with Crippen LogP contribution in [0.25, 0.3) is 0 Å². The average molecular weight is 589 g/mol. The Bertz CT molecular complexity index is 1550. The highest BCUT2D eigenvalue weighted by atomic mass is 15.5. The number of benzene rings is 6. The zero-order chi connectivity index (χ0) is 30.3. The fourth-order valence-electron chi connectivity index (χ4n) is 5.57. The van der Waals surface area contributed by atoms with Crippen LogP contribution in [0.5, 0.6) is 0 Å². The van der Waals surface area contributed by atoms with Crippen molar-refractivity contribution in [1.82, 2.24) is 0 Å². The standard InChI is InChI=1S/C39H36N6/c1-4-10-31(11-5-1)40-34-16-22-37(23-17-34)43-28-44(38-24-18-35(19-25-38)41-32-12-6-2-7-13-32)30-45(29-43)39-26-20-36(21-27-39)42-33-14-8-3-9-15-33/h1-27,40-42H,28-30H2. The third-order valence-corrected chi connectivity index (χ3v) is 7.91. The Morgan fingerprint density at radius 3 is 0.733 bits per heavy atom. The van der Waals surface area contributed by atoms with Crippen LogP contribution in [0.4, 0.5) is 51.2 Å². The van der Waals surface area contributed by atoms with Crippen LogP contribution in [0.2, 0.25) is 0 Å². The number of anilines is 9. The van der Waals surface area contributed by atoms with E-state index < -0.39 is 0 Å². The van der Waals surface area contributed by atoms with Crippen molar-refractivity contribution in [3.63, 3.8) is 0 Å². The Morgan fingerprint density at radius 2 is 0.489 bits per heavy atom. The fraction of sp³-hybridized carbons (Fsp3) is 0.0769. The van der Waals surface area contributed by atoms with Gasteiger partial charge in [0, 0.05) is 51.2 Å². The van der Waals surface area contributed by atoms with Crippen molar-refractivity contribution >= 4 is 51.2 Å². The van der Waals surface area contributed by atoms with E-state index in [2.05, 4.69) is 140 Å². The maximum Gasteiger partial charge on any atom is 0.0937 e. The van der Waals surface area contributed by atoms with Crippen molar-refractivity contribution in [3.8, 4) is 0 Å². The first kappa shape index (κ1) is 27.9. The van der Waals surface area contributed by atoms with Crippen LogP contribution in [-0.4, -0.2) is 20.0 Å². The van der Waals surface area contributed by atoms with Gasteiger partial charge in [0.2, 0.25) is 0 Å². The van der Waals surface area contributed by atoms with Gasteiger partial charge >= 0.3 is 0 Å². The van der Waals surface area contributed by atoms with Crippen molar-refractivity contribution < 1.29 is 0 Å². The lowest BCUT2D eigenvalue weighted by Crippen LogP contribution is -2.55. The molecular weight excluding hydrogens is 552 g/mol. The molecule has 45 heavy (non-hydrogen) atoms. The molecule has 222 valence electrons. The second-order valence-corrected chi connectivity index (χ2v) is 11.2. The topological polar surface area (TPSA) is 45.8 Å². The molecule has 3 N–H and O–H groups in total. The summed E-state index contributed by atoms with van der Waals surface area (Å²) in [6.07, 6.45) is 0. The van der Waals surface area contributed by atoms with Gasteiger partial charge in [-0.1, -0.05) is 54.6 Å². The molecule has 1 heterocycles. The predicted molar refractivity (Wildman–Crippen MR) is 191 cm³/mol. The van der Waals surface area contributed by atoms with Gasteiger partial charge in [-0.05, 0) is 109 Å². The van der Waals surface area contributed by atoms with Gasteiger partial charge in [0.05, 0.1) is 20.0 Å². The Balaban J connectivity index is 1.11. The van der Waals surface area contributed by atoms with Gasteiger partial charge in [-0.2, -0.15) is 0 Å². The molecule has 7 rings (SSSR count). The molecule has 6 aromatic carbocycles. The fourth-order valence-corrected chi connectivity index (χ4v) is 5.57. The summed E-state index contributed by atoms with van der Waals surface area (Å²) in [5.74, 6) is 0. The van der Waals surface area contributed by atoms with Crippen LogP contribution in [-0.2, 0) is 0 Å². The minimum atomic E-state index is 0.779. The molecular formula is C39H36N6. The number of rotatable bonds is 9. The molecule has 1 aliphatic rings. The SMILES string of the molecule is c1ccc(Nc2ccc(N3CN(c4ccc(Nc5ccccc5)cc4)CN(c4ccc(Nc5ccccc5)cc4)C3)cc2)cc1. The van der Waals surface area contributed by atoms with E-state index in [1.807, 2.05) is 54.6 Å². The van der Waals surface area contributed by atoms with Crippen LogP contribution in [0.15, 0.2) is 164 Å². The van der Waals surface area contributed by atoms with Gasteiger partial charge in [-0.15, -0.1) is 0 Å². The lowest BCUT2D eigenvalue weighted by Gasteiger charge is -2.45. The molecule has 1 saturated heterocycles. The smallest absolute Gasteiger partial charge is 0.0937 e. The van der Waals surface area contributed by atoms with Crippen LogP contribution < -0.4 is 30.7 Å². The molecule has 0 amide bonds. The first-order chi connectivity index (χ1) is 22.2. The lowest BCUT2D eigenvalue weighted by atomic mass is 10.2. The summed E-state index contributed by atoms with van der Waals surface area (Å²) in [6, 6.07) is 56.9. The summed E-state index contributed by atoms with van der Waals surface area (Å²) in [6.45, 7) is 2.34. The first-order valence-electron chi connectivity index (χ1n) is 15.3. The molecule has 0 unspecified atom stereocenters. The highest BCUT2D eigenvalue weighted by molar-refractivity contribution is 5.68. The Labute approximate surface area is 265 Å². The van der Waals surface area contributed by atoms with Gasteiger partial charge in [-0.3, -0.25) is 0 Å². The Hall–Kier alpha value is -5.88. The third-order valence-electron chi connectivity index (χ3n) is 7.91. The Morgan fingerprint density at radius 1 is 0.267 bits per heavy atom. The number of hydrogen-bond donors (Lipinski definition) is 3. The van der Waals surface area contributed by atoms with Gasteiger partial charge in [0.25, 0.3) is 0 Å². The summed E-state index contributed by atoms with van der Waals surface area (Å²) in [7, 11) is 0. The van der Waals surface area contributed by atoms with E-state index in [0.29, 0.717) is 0 Å². The van der Waals surface area contributed by atoms with E-state index in [-0.39, 0.29) is 0 Å². The van der Waals surface area contributed by atoms with E-state index in [9.17, 15) is 0 Å². The first-order valence-corrected chi connectivity index (χ1v) is 15.3. The quantitative estimate of drug-likeness (QED) is 0.156. The van der Waals surface area contributed by atoms with E-state index in [4.69, 9.17) is 0 Å². The number of nitrogens with zero attached hydrogens (tertiary/aromatic N) is 3. The summed E-state index contributed by atoms with van der Waals surface area (Å²) in [5, 5.41) is 10.5. The van der Waals surface area contributed by atoms with Gasteiger partial charge in [0.15, 0.2) is 0 Å². The second kappa shape index (κ2) is 13.2. The molecule has 6 aromatic rings. The van der Waals surface area contributed by atoms with Crippen molar-refractivity contribution in [1.29, 1.82) is 0 Å². The van der Waals surface area contributed by atoms with E-state index in [1.54, 1.807) is 0 Å². The molecule has 0 atom stereocenters. The van der Waals surface area contributed by atoms with Gasteiger partial charge in [-0.25, -0.2) is 0 Å². The second-order valence-electron chi connectivity index (χ2n) is 11.2. The van der Waals surface area contributed by atoms with E-state index in [0.717, 1.165) is 54.1 Å². The van der Waals surface area contributed by atoms with Crippen LogP contribution in [0.1, 0.15) is 0 Å². The van der Waals surface area contributed by atoms with Crippen molar-refractivity contribution in [2.24, 2.45) is 0 Å². The van der Waals surface area contributed by atoms with Gasteiger partial charge < -0.3 is 30.7 Å². The Kier molecular flexibility index (Phi) is 8.18. The zero-order valence-electron chi connectivity index (χ0n) is 25.1. The summed E-state index contributed by atoms with van der Waals surface area (Å²) < 4.78 is 0. The summed E-state index contributed by atoms with van der Waals surface area (Å²) >= 11 is 0. The molecule has 0 spiro atoms. The van der Waals surface area contributed by atoms with Crippen molar-refractivity contribution in [3.05, 3.63) is 164 Å². The minimum Gasteiger partial charge on any atom is -0.356 e. The molecule has 0 bridgehead atoms. The highest BCUT2D eigenvalue weighted by Crippen LogP contribution is 2.30. The summed E-state index contributed by atoms with van der Waals surface area (Å²) in [4.78, 5) is 7.26. The molecule has 6 nitrogen and oxygen atoms in total. The zero-order valence-corrected chi connectivity index (χ0v) is 25.1. The number of hydrogen-bond acceptors (Lipinski definition) is 6. The van der Waals surface area contributed by atoms with Gasteiger partial charge in [0.1, 0.15) is 0 Å². The minimum absolute atomic E-state index is 0.779. The molecule has 1 fully saturated rings. The molecule has 0 aromatic heterocycles. The van der Waals surface area contributed by atoms with E-state index >= 15 is 0 Å². The number of para-hydroxylation sites is 3. The van der Waals surface area contributed by atoms with Crippen molar-refractivity contribution in [2.45, 2.75) is 0 Å². The molecule has 0 radical (unpaired) electrons. The number of nitrogens with one attached hydrogen (secondary N) is 3. The summed E-state index contributed by atoms with van der Waals surface area (Å²) in [5.41, 5.74) is 9.97. The maximum atomic E-state index is 3.50. The highest BCUT2D eigenvalue weighted by Gasteiger charge is 2.24. The van der Waals surface area contributed by atoms with Crippen LogP contribution >= 0.6 is 0 Å². The largest absolute Gasteiger partial charge is 0.356 e. The third kappa shape index (κ3) is 7.03. The predicted octanol–water partition coefficient (Wildman–Crippen LogP) is 9.62. The normalized spacial score (nSPS) is 12.9. The molecule has 6 heteroatoms.